The molecular formula is C24H23FN2O4S. The number of nitrogens with one attached hydrogen (secondary N) is 1. The number of sulfonamides is 1. The molecule has 0 unspecified atom stereocenters. The molecule has 0 aliphatic carbocycles. The van der Waals surface area contributed by atoms with E-state index in [4.69, 9.17) is 4.74 Å². The second kappa shape index (κ2) is 9.00. The summed E-state index contributed by atoms with van der Waals surface area (Å²) in [4.78, 5) is 12.3. The summed E-state index contributed by atoms with van der Waals surface area (Å²) in [5.74, 6) is -0.977. The van der Waals surface area contributed by atoms with Gasteiger partial charge in [0.2, 0.25) is 0 Å². The predicted molar refractivity (Wildman–Crippen MR) is 121 cm³/mol. The first-order valence-corrected chi connectivity index (χ1v) is 11.8. The van der Waals surface area contributed by atoms with Gasteiger partial charge in [-0.1, -0.05) is 30.3 Å². The van der Waals surface area contributed by atoms with Gasteiger partial charge in [0.1, 0.15) is 16.5 Å². The molecule has 1 heterocycles. The molecule has 1 aliphatic heterocycles. The maximum absolute atomic E-state index is 14.7. The number of benzene rings is 3. The van der Waals surface area contributed by atoms with Crippen LogP contribution in [-0.4, -0.2) is 27.5 Å². The molecule has 166 valence electrons. The van der Waals surface area contributed by atoms with Crippen molar-refractivity contribution < 1.29 is 22.3 Å². The first-order chi connectivity index (χ1) is 15.4. The number of aryl methyl sites for hydroxylation is 1. The van der Waals surface area contributed by atoms with Crippen molar-refractivity contribution >= 4 is 27.3 Å². The molecule has 3 aromatic rings. The molecule has 1 amide bonds. The van der Waals surface area contributed by atoms with E-state index >= 15 is 0 Å². The molecule has 32 heavy (non-hydrogen) atoms. The minimum atomic E-state index is -4.20. The average Bonchev–Trinajstić information content (AvgIpc) is 2.80. The molecule has 0 fully saturated rings. The summed E-state index contributed by atoms with van der Waals surface area (Å²) in [6.07, 6.45) is 1.39. The van der Waals surface area contributed by atoms with Crippen molar-refractivity contribution in [3.05, 3.63) is 83.7 Å². The van der Waals surface area contributed by atoms with Crippen molar-refractivity contribution in [2.45, 2.75) is 24.7 Å². The summed E-state index contributed by atoms with van der Waals surface area (Å²) in [6, 6.07) is 17.4. The van der Waals surface area contributed by atoms with Gasteiger partial charge >= 0.3 is 0 Å². The van der Waals surface area contributed by atoms with E-state index in [1.807, 2.05) is 19.1 Å². The Hall–Kier alpha value is -3.39. The van der Waals surface area contributed by atoms with E-state index in [2.05, 4.69) is 5.32 Å². The van der Waals surface area contributed by atoms with Crippen molar-refractivity contribution in [3.8, 4) is 5.75 Å². The maximum Gasteiger partial charge on any atom is 0.267 e. The summed E-state index contributed by atoms with van der Waals surface area (Å²) < 4.78 is 48.2. The number of fused-ring (bicyclic) bond motifs is 1. The largest absolute Gasteiger partial charge is 0.492 e. The Balaban J connectivity index is 1.67. The van der Waals surface area contributed by atoms with Crippen molar-refractivity contribution in [3.63, 3.8) is 0 Å². The van der Waals surface area contributed by atoms with E-state index in [1.54, 1.807) is 36.4 Å². The lowest BCUT2D eigenvalue weighted by Gasteiger charge is -2.30. The Labute approximate surface area is 186 Å². The van der Waals surface area contributed by atoms with Gasteiger partial charge in [0.15, 0.2) is 0 Å². The number of nitrogens with zero attached hydrogens (tertiary/aromatic N) is 1. The fourth-order valence-corrected chi connectivity index (χ4v) is 5.39. The Morgan fingerprint density at radius 1 is 1.09 bits per heavy atom. The number of amides is 1. The molecule has 6 nitrogen and oxygen atoms in total. The van der Waals surface area contributed by atoms with Crippen molar-refractivity contribution in [1.82, 2.24) is 0 Å². The number of hydrogen-bond acceptors (Lipinski definition) is 4. The molecule has 1 aliphatic rings. The summed E-state index contributed by atoms with van der Waals surface area (Å²) in [7, 11) is -4.20. The van der Waals surface area contributed by atoms with Crippen LogP contribution in [0.5, 0.6) is 5.75 Å². The van der Waals surface area contributed by atoms with Crippen LogP contribution in [0, 0.1) is 5.82 Å². The van der Waals surface area contributed by atoms with Crippen LogP contribution in [0.4, 0.5) is 15.8 Å². The summed E-state index contributed by atoms with van der Waals surface area (Å²) in [5, 5.41) is 2.71. The van der Waals surface area contributed by atoms with Crippen molar-refractivity contribution in [2.24, 2.45) is 0 Å². The van der Waals surface area contributed by atoms with Gasteiger partial charge < -0.3 is 10.1 Å². The topological polar surface area (TPSA) is 75.7 Å². The van der Waals surface area contributed by atoms with Crippen molar-refractivity contribution in [1.29, 1.82) is 0 Å². The fraction of sp³-hybridized carbons (Fsp3) is 0.208. The number of carbonyl (C=O) groups excluding carboxylic acids is 1. The Kier molecular flexibility index (Phi) is 6.14. The van der Waals surface area contributed by atoms with Crippen LogP contribution in [0.2, 0.25) is 0 Å². The number of anilines is 2. The van der Waals surface area contributed by atoms with E-state index in [0.29, 0.717) is 30.2 Å². The van der Waals surface area contributed by atoms with Crippen molar-refractivity contribution in [2.75, 3.05) is 22.8 Å². The molecule has 0 aromatic heterocycles. The third-order valence-electron chi connectivity index (χ3n) is 5.26. The van der Waals surface area contributed by atoms with Crippen LogP contribution in [0.15, 0.2) is 71.6 Å². The summed E-state index contributed by atoms with van der Waals surface area (Å²) in [5.41, 5.74) is 1.91. The highest BCUT2D eigenvalue weighted by atomic mass is 32.2. The molecule has 0 bridgehead atoms. The molecule has 8 heteroatoms. The van der Waals surface area contributed by atoms with Gasteiger partial charge in [0.05, 0.1) is 18.0 Å². The number of carbonyl (C=O) groups is 1. The first-order valence-electron chi connectivity index (χ1n) is 10.3. The monoisotopic (exact) mass is 454 g/mol. The van der Waals surface area contributed by atoms with E-state index in [1.165, 1.54) is 10.4 Å². The third kappa shape index (κ3) is 4.18. The van der Waals surface area contributed by atoms with Gasteiger partial charge in [0, 0.05) is 12.1 Å². The van der Waals surface area contributed by atoms with Crippen LogP contribution in [0.1, 0.15) is 29.3 Å². The van der Waals surface area contributed by atoms with E-state index in [9.17, 15) is 17.6 Å². The lowest BCUT2D eigenvalue weighted by molar-refractivity contribution is 0.102. The van der Waals surface area contributed by atoms with Crippen LogP contribution in [0.25, 0.3) is 0 Å². The molecule has 0 saturated heterocycles. The second-order valence-corrected chi connectivity index (χ2v) is 9.17. The van der Waals surface area contributed by atoms with Gasteiger partial charge in [-0.25, -0.2) is 12.8 Å². The standard InChI is InChI=1S/C24H23FN2O4S/c1-2-31-22-12-6-4-10-20(22)26-24(28)18-13-14-19(25)23(16-18)32(29,30)27-15-7-9-17-8-3-5-11-21(17)27/h3-6,8,10-14,16H,2,7,9,15H2,1H3,(H,26,28). The summed E-state index contributed by atoms with van der Waals surface area (Å²) >= 11 is 0. The minimum Gasteiger partial charge on any atom is -0.492 e. The molecule has 0 saturated carbocycles. The molecule has 0 atom stereocenters. The lowest BCUT2D eigenvalue weighted by atomic mass is 10.0. The molecule has 3 aromatic carbocycles. The molecule has 0 spiro atoms. The van der Waals surface area contributed by atoms with E-state index < -0.39 is 26.6 Å². The minimum absolute atomic E-state index is 0.0292. The Morgan fingerprint density at radius 3 is 2.66 bits per heavy atom. The molecular weight excluding hydrogens is 431 g/mol. The molecule has 1 N–H and O–H groups in total. The Bertz CT molecular complexity index is 1260. The molecule has 4 rings (SSSR count). The average molecular weight is 455 g/mol. The van der Waals surface area contributed by atoms with Crippen LogP contribution in [-0.2, 0) is 16.4 Å². The zero-order valence-corrected chi connectivity index (χ0v) is 18.4. The van der Waals surface area contributed by atoms with Crippen LogP contribution in [0.3, 0.4) is 0 Å². The van der Waals surface area contributed by atoms with Crippen LogP contribution < -0.4 is 14.4 Å². The quantitative estimate of drug-likeness (QED) is 0.590. The lowest BCUT2D eigenvalue weighted by Crippen LogP contribution is -2.36. The first kappa shape index (κ1) is 21.8. The number of halogens is 1. The fourth-order valence-electron chi connectivity index (χ4n) is 3.76. The SMILES string of the molecule is CCOc1ccccc1NC(=O)c1ccc(F)c(S(=O)(=O)N2CCCc3ccccc32)c1. The third-order valence-corrected chi connectivity index (χ3v) is 7.09. The van der Waals surface area contributed by atoms with Gasteiger partial charge in [-0.05, 0) is 61.7 Å². The van der Waals surface area contributed by atoms with Gasteiger partial charge in [-0.3, -0.25) is 9.10 Å². The highest BCUT2D eigenvalue weighted by Crippen LogP contribution is 2.33. The van der Waals surface area contributed by atoms with Gasteiger partial charge in [-0.15, -0.1) is 0 Å². The Morgan fingerprint density at radius 2 is 1.84 bits per heavy atom. The normalized spacial score (nSPS) is 13.4. The van der Waals surface area contributed by atoms with E-state index in [-0.39, 0.29) is 12.1 Å². The highest BCUT2D eigenvalue weighted by Gasteiger charge is 2.31. The van der Waals surface area contributed by atoms with E-state index in [0.717, 1.165) is 24.1 Å². The smallest absolute Gasteiger partial charge is 0.267 e. The second-order valence-electron chi connectivity index (χ2n) is 7.34. The van der Waals surface area contributed by atoms with Gasteiger partial charge in [-0.2, -0.15) is 0 Å². The zero-order valence-electron chi connectivity index (χ0n) is 17.5. The maximum atomic E-state index is 14.7. The summed E-state index contributed by atoms with van der Waals surface area (Å²) in [6.45, 7) is 2.49. The van der Waals surface area contributed by atoms with Crippen LogP contribution >= 0.6 is 0 Å². The highest BCUT2D eigenvalue weighted by molar-refractivity contribution is 7.92. The predicted octanol–water partition coefficient (Wildman–Crippen LogP) is 4.62. The zero-order chi connectivity index (χ0) is 22.7. The number of ether oxygens (including phenoxy) is 1. The number of hydrogen-bond donors (Lipinski definition) is 1. The molecule has 0 radical (unpaired) electrons. The number of para-hydroxylation sites is 3. The van der Waals surface area contributed by atoms with Gasteiger partial charge in [0.25, 0.3) is 15.9 Å². The number of rotatable bonds is 6.